The van der Waals surface area contributed by atoms with Gasteiger partial charge in [0.15, 0.2) is 0 Å². The van der Waals surface area contributed by atoms with E-state index in [9.17, 15) is 9.59 Å². The highest BCUT2D eigenvalue weighted by atomic mass is 16.7. The molecule has 0 amide bonds. The van der Waals surface area contributed by atoms with Crippen LogP contribution in [0.2, 0.25) is 0 Å². The summed E-state index contributed by atoms with van der Waals surface area (Å²) in [7, 11) is 0. The molecule has 0 aromatic heterocycles. The average Bonchev–Trinajstić information content (AvgIpc) is 2.29. The van der Waals surface area contributed by atoms with E-state index >= 15 is 0 Å². The maximum absolute atomic E-state index is 11.0. The van der Waals surface area contributed by atoms with E-state index in [0.717, 1.165) is 0 Å². The predicted molar refractivity (Wildman–Crippen MR) is 49.2 cm³/mol. The lowest BCUT2D eigenvalue weighted by Gasteiger charge is -2.37. The van der Waals surface area contributed by atoms with Crippen molar-refractivity contribution in [3.05, 3.63) is 12.2 Å². The first kappa shape index (κ1) is 10.8. The van der Waals surface area contributed by atoms with E-state index in [1.807, 2.05) is 20.8 Å². The number of carbonyl (C=O) groups is 2. The lowest BCUT2D eigenvalue weighted by molar-refractivity contribution is -0.231. The number of rotatable bonds is 1. The zero-order chi connectivity index (χ0) is 11.0. The van der Waals surface area contributed by atoms with Crippen molar-refractivity contribution in [3.8, 4) is 0 Å². The molecule has 1 unspecified atom stereocenters. The lowest BCUT2D eigenvalue weighted by Crippen LogP contribution is -2.46. The van der Waals surface area contributed by atoms with Crippen LogP contribution in [0.25, 0.3) is 0 Å². The summed E-state index contributed by atoms with van der Waals surface area (Å²) in [5.41, 5.74) is -0.485. The number of hydrogen-bond acceptors (Lipinski definition) is 4. The number of hydrogen-bond donors (Lipinski definition) is 0. The molecule has 0 bridgehead atoms. The van der Waals surface area contributed by atoms with Crippen LogP contribution in [0.15, 0.2) is 12.2 Å². The molecule has 1 heterocycles. The van der Waals surface area contributed by atoms with E-state index in [2.05, 4.69) is 0 Å². The molecule has 0 aromatic rings. The van der Waals surface area contributed by atoms with Crippen LogP contribution in [0.5, 0.6) is 0 Å². The van der Waals surface area contributed by atoms with Gasteiger partial charge in [-0.15, -0.1) is 0 Å². The molecule has 0 saturated heterocycles. The minimum Gasteiger partial charge on any atom is -0.418 e. The summed E-state index contributed by atoms with van der Waals surface area (Å²) >= 11 is 0. The monoisotopic (exact) mass is 198 g/mol. The van der Waals surface area contributed by atoms with Crippen molar-refractivity contribution >= 4 is 11.9 Å². The van der Waals surface area contributed by atoms with Crippen molar-refractivity contribution < 1.29 is 19.1 Å². The number of esters is 2. The maximum Gasteiger partial charge on any atom is 0.334 e. The van der Waals surface area contributed by atoms with E-state index in [4.69, 9.17) is 9.47 Å². The molecule has 0 aromatic carbocycles. The van der Waals surface area contributed by atoms with Crippen LogP contribution in [0, 0.1) is 5.41 Å². The van der Waals surface area contributed by atoms with Crippen molar-refractivity contribution in [3.63, 3.8) is 0 Å². The molecule has 4 nitrogen and oxygen atoms in total. The first-order chi connectivity index (χ1) is 6.27. The van der Waals surface area contributed by atoms with Gasteiger partial charge < -0.3 is 9.47 Å². The van der Waals surface area contributed by atoms with Crippen LogP contribution in [0.3, 0.4) is 0 Å². The van der Waals surface area contributed by atoms with E-state index in [1.54, 1.807) is 0 Å². The molecule has 1 aliphatic rings. The quantitative estimate of drug-likeness (QED) is 0.598. The molecular formula is C10H14O4. The summed E-state index contributed by atoms with van der Waals surface area (Å²) in [6, 6.07) is 0. The highest BCUT2D eigenvalue weighted by Gasteiger charge is 2.49. The second-order valence-electron chi connectivity index (χ2n) is 4.27. The SMILES string of the molecule is CC(=O)OC1(C(C)(C)C)C=CC(=O)O1. The van der Waals surface area contributed by atoms with Gasteiger partial charge in [0.1, 0.15) is 0 Å². The fourth-order valence-electron chi connectivity index (χ4n) is 1.22. The standard InChI is InChI=1S/C10H14O4/c1-7(11)13-10(9(2,3)4)6-5-8(12)14-10/h5-6H,1-4H3. The molecule has 0 spiro atoms. The Balaban J connectivity index is 2.99. The summed E-state index contributed by atoms with van der Waals surface area (Å²) in [6.07, 6.45) is 2.75. The molecule has 14 heavy (non-hydrogen) atoms. The van der Waals surface area contributed by atoms with Crippen molar-refractivity contribution in [1.29, 1.82) is 0 Å². The molecular weight excluding hydrogens is 184 g/mol. The summed E-state index contributed by atoms with van der Waals surface area (Å²) in [6.45, 7) is 6.78. The first-order valence-corrected chi connectivity index (χ1v) is 4.39. The Kier molecular flexibility index (Phi) is 2.39. The van der Waals surface area contributed by atoms with Gasteiger partial charge in [0, 0.05) is 24.5 Å². The van der Waals surface area contributed by atoms with Crippen molar-refractivity contribution in [2.45, 2.75) is 33.5 Å². The normalized spacial score (nSPS) is 26.1. The Hall–Kier alpha value is -1.32. The van der Waals surface area contributed by atoms with Crippen LogP contribution in [-0.4, -0.2) is 17.7 Å². The molecule has 0 saturated carbocycles. The smallest absolute Gasteiger partial charge is 0.334 e. The Morgan fingerprint density at radius 3 is 2.36 bits per heavy atom. The van der Waals surface area contributed by atoms with Crippen LogP contribution in [0.1, 0.15) is 27.7 Å². The van der Waals surface area contributed by atoms with Crippen LogP contribution in [0.4, 0.5) is 0 Å². The zero-order valence-electron chi connectivity index (χ0n) is 8.79. The van der Waals surface area contributed by atoms with Gasteiger partial charge in [-0.05, 0) is 0 Å². The van der Waals surface area contributed by atoms with Gasteiger partial charge in [-0.2, -0.15) is 0 Å². The third-order valence-electron chi connectivity index (χ3n) is 2.03. The van der Waals surface area contributed by atoms with Crippen LogP contribution in [-0.2, 0) is 19.1 Å². The molecule has 0 fully saturated rings. The fourth-order valence-corrected chi connectivity index (χ4v) is 1.22. The van der Waals surface area contributed by atoms with Gasteiger partial charge in [0.2, 0.25) is 0 Å². The van der Waals surface area contributed by atoms with Gasteiger partial charge in [-0.25, -0.2) is 4.79 Å². The number of carbonyl (C=O) groups excluding carboxylic acids is 2. The van der Waals surface area contributed by atoms with Crippen LogP contribution >= 0.6 is 0 Å². The summed E-state index contributed by atoms with van der Waals surface area (Å²) < 4.78 is 10.1. The average molecular weight is 198 g/mol. The van der Waals surface area contributed by atoms with Gasteiger partial charge in [-0.1, -0.05) is 20.8 Å². The van der Waals surface area contributed by atoms with E-state index in [-0.39, 0.29) is 0 Å². The Morgan fingerprint density at radius 2 is 2.07 bits per heavy atom. The van der Waals surface area contributed by atoms with Gasteiger partial charge in [0.25, 0.3) is 5.79 Å². The second-order valence-corrected chi connectivity index (χ2v) is 4.27. The molecule has 4 heteroatoms. The first-order valence-electron chi connectivity index (χ1n) is 4.39. The molecule has 0 N–H and O–H groups in total. The highest BCUT2D eigenvalue weighted by Crippen LogP contribution is 2.39. The third kappa shape index (κ3) is 1.78. The summed E-state index contributed by atoms with van der Waals surface area (Å²) in [5.74, 6) is -2.21. The minimum atomic E-state index is -1.25. The molecule has 0 aliphatic carbocycles. The lowest BCUT2D eigenvalue weighted by atomic mass is 9.85. The second kappa shape index (κ2) is 3.12. The summed E-state index contributed by atoms with van der Waals surface area (Å²) in [5, 5.41) is 0. The number of ether oxygens (including phenoxy) is 2. The predicted octanol–water partition coefficient (Wildman–Crippen LogP) is 1.40. The van der Waals surface area contributed by atoms with Crippen LogP contribution < -0.4 is 0 Å². The minimum absolute atomic E-state index is 0.473. The van der Waals surface area contributed by atoms with Gasteiger partial charge >= 0.3 is 11.9 Å². The van der Waals surface area contributed by atoms with E-state index in [0.29, 0.717) is 0 Å². The van der Waals surface area contributed by atoms with Crippen molar-refractivity contribution in [2.24, 2.45) is 5.41 Å². The largest absolute Gasteiger partial charge is 0.418 e. The topological polar surface area (TPSA) is 52.6 Å². The highest BCUT2D eigenvalue weighted by molar-refractivity contribution is 5.85. The zero-order valence-corrected chi connectivity index (χ0v) is 8.79. The third-order valence-corrected chi connectivity index (χ3v) is 2.03. The summed E-state index contributed by atoms with van der Waals surface area (Å²) in [4.78, 5) is 21.9. The Bertz CT molecular complexity index is 298. The van der Waals surface area contributed by atoms with Crippen molar-refractivity contribution in [2.75, 3.05) is 0 Å². The fraction of sp³-hybridized carbons (Fsp3) is 0.600. The maximum atomic E-state index is 11.0. The van der Waals surface area contributed by atoms with Gasteiger partial charge in [-0.3, -0.25) is 4.79 Å². The molecule has 1 rings (SSSR count). The molecule has 0 radical (unpaired) electrons. The van der Waals surface area contributed by atoms with Crippen molar-refractivity contribution in [1.82, 2.24) is 0 Å². The van der Waals surface area contributed by atoms with E-state index < -0.39 is 23.1 Å². The van der Waals surface area contributed by atoms with E-state index in [1.165, 1.54) is 19.1 Å². The molecule has 78 valence electrons. The molecule has 1 aliphatic heterocycles. The number of cyclic esters (lactones) is 1. The van der Waals surface area contributed by atoms with Gasteiger partial charge in [0.05, 0.1) is 0 Å². The molecule has 1 atom stereocenters. The Labute approximate surface area is 82.9 Å². The Morgan fingerprint density at radius 1 is 1.50 bits per heavy atom.